The monoisotopic (exact) mass is 320 g/mol. The third kappa shape index (κ3) is 3.35. The molecule has 0 saturated carbocycles. The van der Waals surface area contributed by atoms with Crippen LogP contribution < -0.4 is 5.32 Å². The number of benzene rings is 2. The van der Waals surface area contributed by atoms with Gasteiger partial charge in [-0.3, -0.25) is 4.79 Å². The normalized spacial score (nSPS) is 12.3. The van der Waals surface area contributed by atoms with E-state index in [0.717, 1.165) is 34.1 Å². The average molecular weight is 320 g/mol. The molecule has 0 aliphatic carbocycles. The molecule has 3 heteroatoms. The van der Waals surface area contributed by atoms with E-state index in [-0.39, 0.29) is 11.9 Å². The molecule has 0 spiro atoms. The SMILES string of the molecule is CCc1ccc2[nH]c(C)c(CC(=O)N[C@@H](C)c3ccccc3)c2c1. The second-order valence-corrected chi connectivity index (χ2v) is 6.34. The number of rotatable bonds is 5. The fourth-order valence-electron chi connectivity index (χ4n) is 3.16. The molecule has 124 valence electrons. The minimum atomic E-state index is 0.00964. The summed E-state index contributed by atoms with van der Waals surface area (Å²) in [5.74, 6) is 0.0530. The molecule has 1 atom stereocenters. The predicted molar refractivity (Wildman–Crippen MR) is 99.1 cm³/mol. The first kappa shape index (κ1) is 16.3. The van der Waals surface area contributed by atoms with Gasteiger partial charge in [0.15, 0.2) is 0 Å². The molecule has 1 aromatic heterocycles. The van der Waals surface area contributed by atoms with Gasteiger partial charge in [-0.1, -0.05) is 43.3 Å². The van der Waals surface area contributed by atoms with Crippen LogP contribution in [0.25, 0.3) is 10.9 Å². The molecule has 0 unspecified atom stereocenters. The summed E-state index contributed by atoms with van der Waals surface area (Å²) in [6, 6.07) is 16.5. The summed E-state index contributed by atoms with van der Waals surface area (Å²) in [5, 5.41) is 4.26. The molecule has 3 rings (SSSR count). The number of nitrogens with one attached hydrogen (secondary N) is 2. The number of H-pyrrole nitrogens is 1. The maximum absolute atomic E-state index is 12.5. The largest absolute Gasteiger partial charge is 0.358 e. The Bertz CT molecular complexity index is 849. The summed E-state index contributed by atoms with van der Waals surface area (Å²) >= 11 is 0. The molecule has 0 aliphatic heterocycles. The molecule has 1 heterocycles. The van der Waals surface area contributed by atoms with Gasteiger partial charge in [-0.05, 0) is 49.1 Å². The Kier molecular flexibility index (Phi) is 4.70. The first-order valence-corrected chi connectivity index (χ1v) is 8.53. The smallest absolute Gasteiger partial charge is 0.224 e. The zero-order valence-electron chi connectivity index (χ0n) is 14.5. The van der Waals surface area contributed by atoms with E-state index in [2.05, 4.69) is 35.4 Å². The van der Waals surface area contributed by atoms with Crippen LogP contribution in [-0.2, 0) is 17.6 Å². The van der Waals surface area contributed by atoms with Crippen LogP contribution in [0.5, 0.6) is 0 Å². The molecule has 2 aromatic carbocycles. The number of carbonyl (C=O) groups is 1. The van der Waals surface area contributed by atoms with Crippen LogP contribution in [0.1, 0.15) is 42.3 Å². The Labute approximate surface area is 143 Å². The zero-order chi connectivity index (χ0) is 17.1. The van der Waals surface area contributed by atoms with Gasteiger partial charge in [0.25, 0.3) is 0 Å². The highest BCUT2D eigenvalue weighted by molar-refractivity contribution is 5.90. The van der Waals surface area contributed by atoms with Crippen LogP contribution in [-0.4, -0.2) is 10.9 Å². The van der Waals surface area contributed by atoms with Crippen molar-refractivity contribution >= 4 is 16.8 Å². The predicted octanol–water partition coefficient (Wildman–Crippen LogP) is 4.46. The van der Waals surface area contributed by atoms with E-state index in [0.29, 0.717) is 6.42 Å². The molecule has 3 nitrogen and oxygen atoms in total. The van der Waals surface area contributed by atoms with Crippen LogP contribution in [0.3, 0.4) is 0 Å². The van der Waals surface area contributed by atoms with Gasteiger partial charge in [-0.2, -0.15) is 0 Å². The fraction of sp³-hybridized carbons (Fsp3) is 0.286. The summed E-state index contributed by atoms with van der Waals surface area (Å²) in [5.41, 5.74) is 5.68. The van der Waals surface area contributed by atoms with E-state index >= 15 is 0 Å². The molecule has 3 aromatic rings. The standard InChI is InChI=1S/C21H24N2O/c1-4-16-10-11-20-19(12-16)18(15(3)22-20)13-21(24)23-14(2)17-8-6-5-7-9-17/h5-12,14,22H,4,13H2,1-3H3,(H,23,24)/t14-/m0/s1. The lowest BCUT2D eigenvalue weighted by Gasteiger charge is -2.14. The number of hydrogen-bond acceptors (Lipinski definition) is 1. The minimum Gasteiger partial charge on any atom is -0.358 e. The third-order valence-corrected chi connectivity index (χ3v) is 4.61. The number of hydrogen-bond donors (Lipinski definition) is 2. The first-order chi connectivity index (χ1) is 11.6. The van der Waals surface area contributed by atoms with Gasteiger partial charge in [0.2, 0.25) is 5.91 Å². The maximum atomic E-state index is 12.5. The third-order valence-electron chi connectivity index (χ3n) is 4.61. The molecule has 0 fully saturated rings. The van der Waals surface area contributed by atoms with Crippen LogP contribution in [0, 0.1) is 6.92 Å². The van der Waals surface area contributed by atoms with E-state index in [1.54, 1.807) is 0 Å². The summed E-state index contributed by atoms with van der Waals surface area (Å²) in [7, 11) is 0. The molecule has 1 amide bonds. The molecule has 2 N–H and O–H groups in total. The van der Waals surface area contributed by atoms with Crippen molar-refractivity contribution in [1.82, 2.24) is 10.3 Å². The van der Waals surface area contributed by atoms with Crippen molar-refractivity contribution in [2.45, 2.75) is 39.7 Å². The molecule has 0 aliphatic rings. The van der Waals surface area contributed by atoms with Gasteiger partial charge < -0.3 is 10.3 Å². The molecule has 24 heavy (non-hydrogen) atoms. The second-order valence-electron chi connectivity index (χ2n) is 6.34. The Morgan fingerprint density at radius 3 is 2.62 bits per heavy atom. The lowest BCUT2D eigenvalue weighted by atomic mass is 10.0. The summed E-state index contributed by atoms with van der Waals surface area (Å²) in [6.07, 6.45) is 1.40. The van der Waals surface area contributed by atoms with Gasteiger partial charge in [0.05, 0.1) is 12.5 Å². The minimum absolute atomic E-state index is 0.00964. The van der Waals surface area contributed by atoms with Crippen molar-refractivity contribution in [2.75, 3.05) is 0 Å². The van der Waals surface area contributed by atoms with E-state index in [1.165, 1.54) is 5.56 Å². The van der Waals surface area contributed by atoms with Crippen molar-refractivity contribution < 1.29 is 4.79 Å². The summed E-state index contributed by atoms with van der Waals surface area (Å²) in [6.45, 7) is 6.20. The van der Waals surface area contributed by atoms with E-state index in [9.17, 15) is 4.79 Å². The molecule has 0 bridgehead atoms. The number of fused-ring (bicyclic) bond motifs is 1. The van der Waals surface area contributed by atoms with Crippen LogP contribution in [0.4, 0.5) is 0 Å². The Hall–Kier alpha value is -2.55. The maximum Gasteiger partial charge on any atom is 0.224 e. The van der Waals surface area contributed by atoms with Crippen molar-refractivity contribution in [3.05, 3.63) is 70.9 Å². The lowest BCUT2D eigenvalue weighted by Crippen LogP contribution is -2.28. The van der Waals surface area contributed by atoms with E-state index in [4.69, 9.17) is 0 Å². The first-order valence-electron chi connectivity index (χ1n) is 8.53. The summed E-state index contributed by atoms with van der Waals surface area (Å²) in [4.78, 5) is 15.9. The van der Waals surface area contributed by atoms with Gasteiger partial charge >= 0.3 is 0 Å². The number of aryl methyl sites for hydroxylation is 2. The van der Waals surface area contributed by atoms with Gasteiger partial charge in [0, 0.05) is 16.6 Å². The highest BCUT2D eigenvalue weighted by Gasteiger charge is 2.15. The quantitative estimate of drug-likeness (QED) is 0.716. The van der Waals surface area contributed by atoms with E-state index < -0.39 is 0 Å². The van der Waals surface area contributed by atoms with Crippen LogP contribution in [0.2, 0.25) is 0 Å². The Morgan fingerprint density at radius 2 is 1.92 bits per heavy atom. The molecular weight excluding hydrogens is 296 g/mol. The van der Waals surface area contributed by atoms with Crippen molar-refractivity contribution in [3.8, 4) is 0 Å². The van der Waals surface area contributed by atoms with Gasteiger partial charge in [0.1, 0.15) is 0 Å². The van der Waals surface area contributed by atoms with Gasteiger partial charge in [-0.25, -0.2) is 0 Å². The molecule has 0 saturated heterocycles. The summed E-state index contributed by atoms with van der Waals surface area (Å²) < 4.78 is 0. The number of aromatic amines is 1. The van der Waals surface area contributed by atoms with Crippen molar-refractivity contribution in [3.63, 3.8) is 0 Å². The molecular formula is C21H24N2O. The molecule has 0 radical (unpaired) electrons. The van der Waals surface area contributed by atoms with Crippen molar-refractivity contribution in [1.29, 1.82) is 0 Å². The zero-order valence-corrected chi connectivity index (χ0v) is 14.5. The van der Waals surface area contributed by atoms with Crippen LogP contribution in [0.15, 0.2) is 48.5 Å². The van der Waals surface area contributed by atoms with Crippen LogP contribution >= 0.6 is 0 Å². The highest BCUT2D eigenvalue weighted by atomic mass is 16.1. The Morgan fingerprint density at radius 1 is 1.17 bits per heavy atom. The average Bonchev–Trinajstić information content (AvgIpc) is 2.90. The fourth-order valence-corrected chi connectivity index (χ4v) is 3.16. The number of carbonyl (C=O) groups excluding carboxylic acids is 1. The second kappa shape index (κ2) is 6.91. The highest BCUT2D eigenvalue weighted by Crippen LogP contribution is 2.24. The van der Waals surface area contributed by atoms with E-state index in [1.807, 2.05) is 44.2 Å². The van der Waals surface area contributed by atoms with Gasteiger partial charge in [-0.15, -0.1) is 0 Å². The van der Waals surface area contributed by atoms with Crippen molar-refractivity contribution in [2.24, 2.45) is 0 Å². The number of amides is 1. The lowest BCUT2D eigenvalue weighted by molar-refractivity contribution is -0.121. The number of aromatic nitrogens is 1. The Balaban J connectivity index is 1.79. The topological polar surface area (TPSA) is 44.9 Å².